The lowest BCUT2D eigenvalue weighted by atomic mass is 9.84. The van der Waals surface area contributed by atoms with Crippen molar-refractivity contribution < 1.29 is 18.4 Å². The summed E-state index contributed by atoms with van der Waals surface area (Å²) in [5.41, 5.74) is 7.13. The molecule has 0 bridgehead atoms. The van der Waals surface area contributed by atoms with Crippen molar-refractivity contribution >= 4 is 40.0 Å². The predicted molar refractivity (Wildman–Crippen MR) is 194 cm³/mol. The minimum Gasteiger partial charge on any atom is -0.382 e. The van der Waals surface area contributed by atoms with E-state index in [1.54, 1.807) is 11.8 Å². The maximum Gasteiger partial charge on any atom is 0.239 e. The SMILES string of the molecule is CCN1c2ccc(C(O)/C(CCSc3ccc(C)cc3)=N/OS(=O)C3C=CC=CC3)cc2C2C=C(C(=O)C3=C(C)CCC=C3)C=CC21. The third-order valence-corrected chi connectivity index (χ3v) is 11.3. The van der Waals surface area contributed by atoms with Crippen LogP contribution in [-0.4, -0.2) is 44.4 Å². The lowest BCUT2D eigenvalue weighted by Gasteiger charge is -2.28. The minimum absolute atomic E-state index is 0.0260. The van der Waals surface area contributed by atoms with E-state index in [2.05, 4.69) is 72.5 Å². The molecule has 5 atom stereocenters. The minimum atomic E-state index is -1.67. The Bertz CT molecular complexity index is 1750. The zero-order valence-electron chi connectivity index (χ0n) is 27.2. The van der Waals surface area contributed by atoms with E-state index in [1.165, 1.54) is 5.56 Å². The molecule has 47 heavy (non-hydrogen) atoms. The van der Waals surface area contributed by atoms with Crippen LogP contribution in [0.15, 0.2) is 124 Å². The van der Waals surface area contributed by atoms with Crippen molar-refractivity contribution in [3.8, 4) is 0 Å². The highest BCUT2D eigenvalue weighted by atomic mass is 32.2. The average Bonchev–Trinajstić information content (AvgIpc) is 3.42. The molecule has 0 aromatic heterocycles. The van der Waals surface area contributed by atoms with Crippen LogP contribution in [0.2, 0.25) is 0 Å². The van der Waals surface area contributed by atoms with Gasteiger partial charge in [0, 0.05) is 46.4 Å². The van der Waals surface area contributed by atoms with E-state index in [4.69, 9.17) is 4.28 Å². The van der Waals surface area contributed by atoms with Crippen LogP contribution in [0.3, 0.4) is 0 Å². The van der Waals surface area contributed by atoms with E-state index in [0.29, 0.717) is 35.4 Å². The van der Waals surface area contributed by atoms with Crippen molar-refractivity contribution in [2.45, 2.75) is 74.7 Å². The van der Waals surface area contributed by atoms with E-state index in [0.717, 1.165) is 46.7 Å². The Balaban J connectivity index is 1.27. The van der Waals surface area contributed by atoms with Crippen LogP contribution in [0.1, 0.15) is 68.2 Å². The van der Waals surface area contributed by atoms with E-state index in [-0.39, 0.29) is 23.0 Å². The number of hydrogen-bond donors (Lipinski definition) is 1. The Morgan fingerprint density at radius 1 is 1.11 bits per heavy atom. The summed E-state index contributed by atoms with van der Waals surface area (Å²) < 4.78 is 18.5. The second kappa shape index (κ2) is 15.0. The molecule has 4 aliphatic rings. The van der Waals surface area contributed by atoms with E-state index >= 15 is 0 Å². The number of oxime groups is 1. The molecule has 2 aromatic carbocycles. The molecule has 1 N–H and O–H groups in total. The Morgan fingerprint density at radius 3 is 2.68 bits per heavy atom. The third-order valence-electron chi connectivity index (χ3n) is 9.25. The van der Waals surface area contributed by atoms with Gasteiger partial charge in [-0.15, -0.1) is 11.8 Å². The summed E-state index contributed by atoms with van der Waals surface area (Å²) >= 11 is 0.00429. The van der Waals surface area contributed by atoms with Crippen molar-refractivity contribution in [3.05, 3.63) is 131 Å². The van der Waals surface area contributed by atoms with Crippen LogP contribution in [-0.2, 0) is 20.2 Å². The molecule has 8 heteroatoms. The molecule has 244 valence electrons. The Morgan fingerprint density at radius 2 is 1.94 bits per heavy atom. The van der Waals surface area contributed by atoms with Gasteiger partial charge in [0.05, 0.1) is 17.0 Å². The number of allylic oxidation sites excluding steroid dienone is 9. The monoisotopic (exact) mass is 666 g/mol. The molecule has 0 saturated carbocycles. The van der Waals surface area contributed by atoms with Gasteiger partial charge in [-0.05, 0) is 69.4 Å². The van der Waals surface area contributed by atoms with Gasteiger partial charge < -0.3 is 10.0 Å². The van der Waals surface area contributed by atoms with Crippen LogP contribution < -0.4 is 4.90 Å². The number of likely N-dealkylation sites (N-methyl/N-ethyl adjacent to an activating group) is 1. The molecule has 0 radical (unpaired) electrons. The van der Waals surface area contributed by atoms with Gasteiger partial charge in [-0.25, -0.2) is 4.21 Å². The fourth-order valence-corrected chi connectivity index (χ4v) is 8.22. The van der Waals surface area contributed by atoms with E-state index in [9.17, 15) is 14.1 Å². The Hall–Kier alpha value is -3.72. The molecule has 1 heterocycles. The van der Waals surface area contributed by atoms with Crippen LogP contribution in [0.25, 0.3) is 0 Å². The van der Waals surface area contributed by atoms with Crippen molar-refractivity contribution in [2.75, 3.05) is 17.2 Å². The number of aliphatic hydroxyl groups excluding tert-OH is 1. The first kappa shape index (κ1) is 33.2. The van der Waals surface area contributed by atoms with Gasteiger partial charge in [0.1, 0.15) is 6.10 Å². The van der Waals surface area contributed by atoms with Crippen LogP contribution in [0.4, 0.5) is 5.69 Å². The lowest BCUT2D eigenvalue weighted by molar-refractivity contribution is -0.111. The van der Waals surface area contributed by atoms with E-state index in [1.807, 2.05) is 55.5 Å². The van der Waals surface area contributed by atoms with E-state index < -0.39 is 17.2 Å². The summed E-state index contributed by atoms with van der Waals surface area (Å²) in [7, 11) is 0. The molecule has 3 aliphatic carbocycles. The Kier molecular flexibility index (Phi) is 10.6. The number of thioether (sulfide) groups is 1. The molecule has 1 aliphatic heterocycles. The largest absolute Gasteiger partial charge is 0.382 e. The maximum absolute atomic E-state index is 13.6. The predicted octanol–water partition coefficient (Wildman–Crippen LogP) is 8.16. The van der Waals surface area contributed by atoms with Gasteiger partial charge in [-0.3, -0.25) is 9.08 Å². The Labute approximate surface area is 285 Å². The highest BCUT2D eigenvalue weighted by Gasteiger charge is 2.38. The smallest absolute Gasteiger partial charge is 0.239 e. The van der Waals surface area contributed by atoms with Crippen LogP contribution in [0.5, 0.6) is 0 Å². The summed E-state index contributed by atoms with van der Waals surface area (Å²) in [6, 6.07) is 14.5. The topological polar surface area (TPSA) is 79.2 Å². The van der Waals surface area contributed by atoms with Gasteiger partial charge in [0.25, 0.3) is 0 Å². The van der Waals surface area contributed by atoms with Gasteiger partial charge in [0.2, 0.25) is 11.1 Å². The van der Waals surface area contributed by atoms with Crippen molar-refractivity contribution in [3.63, 3.8) is 0 Å². The molecule has 6 rings (SSSR count). The number of hydrogen-bond acceptors (Lipinski definition) is 7. The average molecular weight is 667 g/mol. The van der Waals surface area contributed by atoms with Crippen LogP contribution in [0, 0.1) is 6.92 Å². The number of rotatable bonds is 12. The first-order chi connectivity index (χ1) is 22.8. The van der Waals surface area contributed by atoms with Crippen molar-refractivity contribution in [2.24, 2.45) is 5.16 Å². The standard InChI is InChI=1S/C39H42N2O4S2/c1-4-41-36-20-16-28(38(42)32-13-9-8-10-27(32)3)24-33(36)34-25-29(17-21-37(34)41)39(43)35(22-23-46-30-18-14-26(2)15-19-30)40-45-47(44)31-11-6-5-7-12-31/h5-7,9,11,13-21,24-25,31,33,36,39,43H,4,8,10,12,22-23H2,1-3H3/b40-35+. The quantitative estimate of drug-likeness (QED) is 0.140. The number of anilines is 1. The highest BCUT2D eigenvalue weighted by molar-refractivity contribution is 7.99. The lowest BCUT2D eigenvalue weighted by Crippen LogP contribution is -2.33. The summed E-state index contributed by atoms with van der Waals surface area (Å²) in [5.74, 6) is 0.708. The number of fused-ring (bicyclic) bond motifs is 3. The molecule has 0 fully saturated rings. The summed E-state index contributed by atoms with van der Waals surface area (Å²) in [4.78, 5) is 17.1. The number of nitrogens with zero attached hydrogens (tertiary/aromatic N) is 2. The molecule has 2 aromatic rings. The van der Waals surface area contributed by atoms with Gasteiger partial charge in [-0.1, -0.05) is 95.2 Å². The molecule has 5 unspecified atom stereocenters. The molecule has 6 nitrogen and oxygen atoms in total. The molecule has 0 saturated heterocycles. The van der Waals surface area contributed by atoms with Crippen molar-refractivity contribution in [1.29, 1.82) is 0 Å². The second-order valence-electron chi connectivity index (χ2n) is 12.4. The number of carbonyl (C=O) groups excluding carboxylic acids is 1. The second-order valence-corrected chi connectivity index (χ2v) is 14.8. The zero-order valence-corrected chi connectivity index (χ0v) is 28.8. The number of benzene rings is 2. The fraction of sp³-hybridized carbons (Fsp3) is 0.333. The van der Waals surface area contributed by atoms with Crippen LogP contribution >= 0.6 is 11.8 Å². The number of ketones is 1. The number of aliphatic hydroxyl groups is 1. The highest BCUT2D eigenvalue weighted by Crippen LogP contribution is 2.46. The zero-order chi connectivity index (χ0) is 32.9. The summed E-state index contributed by atoms with van der Waals surface area (Å²) in [6.45, 7) is 7.06. The summed E-state index contributed by atoms with van der Waals surface area (Å²) in [6.07, 6.45) is 19.8. The third kappa shape index (κ3) is 7.40. The molecular weight excluding hydrogens is 625 g/mol. The van der Waals surface area contributed by atoms with Gasteiger partial charge in [0.15, 0.2) is 5.78 Å². The molecular formula is C39H42N2O4S2. The number of carbonyl (C=O) groups is 1. The number of aryl methyl sites for hydroxylation is 1. The molecule has 0 spiro atoms. The van der Waals surface area contributed by atoms with Crippen molar-refractivity contribution in [1.82, 2.24) is 0 Å². The van der Waals surface area contributed by atoms with Gasteiger partial charge in [-0.2, -0.15) is 0 Å². The summed E-state index contributed by atoms with van der Waals surface area (Å²) in [5, 5.41) is 15.8. The first-order valence-electron chi connectivity index (χ1n) is 16.4. The normalized spacial score (nSPS) is 23.0. The van der Waals surface area contributed by atoms with Gasteiger partial charge >= 0.3 is 0 Å². The maximum atomic E-state index is 13.6. The fourth-order valence-electron chi connectivity index (χ4n) is 6.58. The number of Topliss-reactive ketones (excluding diaryl/α,β-unsaturated/α-hetero) is 1. The molecule has 0 amide bonds. The first-order valence-corrected chi connectivity index (χ1v) is 18.5.